The van der Waals surface area contributed by atoms with E-state index in [2.05, 4.69) is 0 Å². The number of aryl methyl sites for hydroxylation is 1. The number of Topliss-reactive ketones (excluding diaryl/α,β-unsaturated/α-hetero) is 1. The summed E-state index contributed by atoms with van der Waals surface area (Å²) in [5.74, 6) is -2.26. The molecule has 7 heteroatoms. The molecule has 190 valence electrons. The largest absolute Gasteiger partial charge is 0.507 e. The first-order chi connectivity index (χ1) is 17.8. The topological polar surface area (TPSA) is 104 Å². The van der Waals surface area contributed by atoms with Gasteiger partial charge < -0.3 is 14.9 Å². The molecular weight excluding hydrogens is 470 g/mol. The molecule has 1 aliphatic heterocycles. The van der Waals surface area contributed by atoms with Crippen molar-refractivity contribution in [2.45, 2.75) is 39.2 Å². The molecule has 1 heterocycles. The van der Waals surface area contributed by atoms with E-state index in [1.807, 2.05) is 38.1 Å². The zero-order valence-corrected chi connectivity index (χ0v) is 20.8. The number of ether oxygens (including phenoxy) is 1. The predicted molar refractivity (Wildman–Crippen MR) is 141 cm³/mol. The van der Waals surface area contributed by atoms with Gasteiger partial charge in [-0.15, -0.1) is 0 Å². The second-order valence-corrected chi connectivity index (χ2v) is 8.88. The Balaban J connectivity index is 1.84. The van der Waals surface area contributed by atoms with Gasteiger partial charge in [0.05, 0.1) is 24.6 Å². The predicted octanol–water partition coefficient (Wildman–Crippen LogP) is 5.29. The normalized spacial score (nSPS) is 16.7. The van der Waals surface area contributed by atoms with Crippen molar-refractivity contribution in [3.63, 3.8) is 0 Å². The Morgan fingerprint density at radius 2 is 1.59 bits per heavy atom. The van der Waals surface area contributed by atoms with Gasteiger partial charge in [-0.25, -0.2) is 0 Å². The molecule has 2 N–H and O–H groups in total. The lowest BCUT2D eigenvalue weighted by Gasteiger charge is -2.26. The summed E-state index contributed by atoms with van der Waals surface area (Å²) in [7, 11) is 0. The minimum atomic E-state index is -0.964. The van der Waals surface area contributed by atoms with Crippen LogP contribution >= 0.6 is 0 Å². The highest BCUT2D eigenvalue weighted by atomic mass is 16.5. The average Bonchev–Trinajstić information content (AvgIpc) is 3.17. The number of aliphatic hydroxyl groups is 1. The third kappa shape index (κ3) is 5.40. The van der Waals surface area contributed by atoms with Crippen molar-refractivity contribution in [3.8, 4) is 5.75 Å². The number of carbonyl (C=O) groups is 3. The quantitative estimate of drug-likeness (QED) is 0.236. The number of ketones is 1. The van der Waals surface area contributed by atoms with E-state index < -0.39 is 23.7 Å². The van der Waals surface area contributed by atoms with Gasteiger partial charge in [0.1, 0.15) is 11.5 Å². The van der Waals surface area contributed by atoms with Crippen molar-refractivity contribution in [3.05, 3.63) is 101 Å². The average molecular weight is 500 g/mol. The van der Waals surface area contributed by atoms with Crippen molar-refractivity contribution in [2.75, 3.05) is 11.5 Å². The second kappa shape index (κ2) is 11.1. The molecule has 0 spiro atoms. The third-order valence-electron chi connectivity index (χ3n) is 6.30. The molecule has 1 atom stereocenters. The first kappa shape index (κ1) is 25.7. The van der Waals surface area contributed by atoms with Gasteiger partial charge in [0, 0.05) is 11.3 Å². The van der Waals surface area contributed by atoms with Crippen molar-refractivity contribution < 1.29 is 29.3 Å². The van der Waals surface area contributed by atoms with E-state index >= 15 is 0 Å². The summed E-state index contributed by atoms with van der Waals surface area (Å²) in [6.07, 6.45) is 1.49. The monoisotopic (exact) mass is 499 g/mol. The summed E-state index contributed by atoms with van der Waals surface area (Å²) in [6, 6.07) is 20.0. The Morgan fingerprint density at radius 1 is 0.919 bits per heavy atom. The third-order valence-corrected chi connectivity index (χ3v) is 6.30. The number of benzene rings is 3. The van der Waals surface area contributed by atoms with Crippen molar-refractivity contribution in [1.82, 2.24) is 0 Å². The Morgan fingerprint density at radius 3 is 2.22 bits per heavy atom. The molecule has 7 nitrogen and oxygen atoms in total. The number of hydrogen-bond donors (Lipinski definition) is 2. The SMILES string of the molecule is CCCOc1cccc(/C(O)=C2/C(=O)C(=O)N(c3ccc(CC(=O)O)cc3)C2c2ccc(CC)cc2)c1. The number of nitrogens with zero attached hydrogens (tertiary/aromatic N) is 1. The number of carboxylic acids is 1. The van der Waals surface area contributed by atoms with Crippen LogP contribution in [-0.2, 0) is 27.2 Å². The number of hydrogen-bond acceptors (Lipinski definition) is 5. The first-order valence-electron chi connectivity index (χ1n) is 12.3. The number of aliphatic hydroxyl groups excluding tert-OH is 1. The highest BCUT2D eigenvalue weighted by Gasteiger charge is 2.47. The standard InChI is InChI=1S/C30H29NO6/c1-3-16-37-24-7-5-6-22(18-24)28(34)26-27(21-12-8-19(4-2)9-13-21)31(30(36)29(26)35)23-14-10-20(11-15-23)17-25(32)33/h5-15,18,27,34H,3-4,16-17H2,1-2H3,(H,32,33)/b28-26-. The molecule has 1 unspecified atom stereocenters. The van der Waals surface area contributed by atoms with Gasteiger partial charge in [0.2, 0.25) is 0 Å². The number of anilines is 1. The number of rotatable bonds is 9. The van der Waals surface area contributed by atoms with Crippen LogP contribution < -0.4 is 9.64 Å². The lowest BCUT2D eigenvalue weighted by molar-refractivity contribution is -0.136. The zero-order chi connectivity index (χ0) is 26.5. The molecular formula is C30H29NO6. The maximum Gasteiger partial charge on any atom is 0.307 e. The molecule has 3 aromatic carbocycles. The van der Waals surface area contributed by atoms with Crippen LogP contribution in [0.25, 0.3) is 5.76 Å². The van der Waals surface area contributed by atoms with E-state index in [0.29, 0.717) is 34.7 Å². The highest BCUT2D eigenvalue weighted by molar-refractivity contribution is 6.51. The van der Waals surface area contributed by atoms with Crippen molar-refractivity contribution in [1.29, 1.82) is 0 Å². The number of carboxylic acid groups (broad SMARTS) is 1. The summed E-state index contributed by atoms with van der Waals surface area (Å²) in [4.78, 5) is 39.1. The maximum absolute atomic E-state index is 13.4. The summed E-state index contributed by atoms with van der Waals surface area (Å²) in [5, 5.41) is 20.4. The molecule has 0 saturated carbocycles. The van der Waals surface area contributed by atoms with Gasteiger partial charge in [-0.1, -0.05) is 62.4 Å². The van der Waals surface area contributed by atoms with Crippen molar-refractivity contribution >= 4 is 29.1 Å². The Labute approximate surface area is 215 Å². The van der Waals surface area contributed by atoms with Crippen LogP contribution in [0.2, 0.25) is 0 Å². The molecule has 0 aliphatic carbocycles. The fourth-order valence-corrected chi connectivity index (χ4v) is 4.41. The van der Waals surface area contributed by atoms with E-state index in [1.54, 1.807) is 48.5 Å². The number of amides is 1. The molecule has 1 saturated heterocycles. The van der Waals surface area contributed by atoms with Gasteiger partial charge in [0.15, 0.2) is 0 Å². The maximum atomic E-state index is 13.4. The van der Waals surface area contributed by atoms with E-state index in [9.17, 15) is 19.5 Å². The van der Waals surface area contributed by atoms with Gasteiger partial charge >= 0.3 is 5.97 Å². The van der Waals surface area contributed by atoms with Crippen LogP contribution in [0.4, 0.5) is 5.69 Å². The first-order valence-corrected chi connectivity index (χ1v) is 12.3. The minimum Gasteiger partial charge on any atom is -0.507 e. The van der Waals surface area contributed by atoms with Gasteiger partial charge in [0.25, 0.3) is 11.7 Å². The smallest absolute Gasteiger partial charge is 0.307 e. The summed E-state index contributed by atoms with van der Waals surface area (Å²) in [6.45, 7) is 4.53. The number of carbonyl (C=O) groups excluding carboxylic acids is 2. The van der Waals surface area contributed by atoms with E-state index in [0.717, 1.165) is 18.4 Å². The summed E-state index contributed by atoms with van der Waals surface area (Å²) in [5.41, 5.74) is 3.13. The van der Waals surface area contributed by atoms with Crippen LogP contribution in [0.3, 0.4) is 0 Å². The van der Waals surface area contributed by atoms with Gasteiger partial charge in [-0.3, -0.25) is 19.3 Å². The second-order valence-electron chi connectivity index (χ2n) is 8.88. The van der Waals surface area contributed by atoms with E-state index in [1.165, 1.54) is 4.90 Å². The van der Waals surface area contributed by atoms with Crippen LogP contribution in [0.5, 0.6) is 5.75 Å². The van der Waals surface area contributed by atoms with E-state index in [-0.39, 0.29) is 17.8 Å². The van der Waals surface area contributed by atoms with Crippen LogP contribution in [0, 0.1) is 0 Å². The van der Waals surface area contributed by atoms with Gasteiger partial charge in [-0.2, -0.15) is 0 Å². The minimum absolute atomic E-state index is 0.0171. The Hall–Kier alpha value is -4.39. The molecule has 0 aromatic heterocycles. The molecule has 1 aliphatic rings. The number of aliphatic carboxylic acids is 1. The molecule has 0 bridgehead atoms. The van der Waals surface area contributed by atoms with Crippen molar-refractivity contribution in [2.24, 2.45) is 0 Å². The summed E-state index contributed by atoms with van der Waals surface area (Å²) < 4.78 is 5.68. The molecule has 1 fully saturated rings. The molecule has 4 rings (SSSR count). The Kier molecular flexibility index (Phi) is 7.72. The van der Waals surface area contributed by atoms with Crippen LogP contribution in [0.15, 0.2) is 78.4 Å². The lowest BCUT2D eigenvalue weighted by Crippen LogP contribution is -2.29. The zero-order valence-electron chi connectivity index (χ0n) is 20.8. The fourth-order valence-electron chi connectivity index (χ4n) is 4.41. The van der Waals surface area contributed by atoms with E-state index in [4.69, 9.17) is 9.84 Å². The molecule has 1 amide bonds. The Bertz CT molecular complexity index is 1340. The lowest BCUT2D eigenvalue weighted by atomic mass is 9.94. The summed E-state index contributed by atoms with van der Waals surface area (Å²) >= 11 is 0. The highest BCUT2D eigenvalue weighted by Crippen LogP contribution is 2.42. The van der Waals surface area contributed by atoms with Crippen LogP contribution in [0.1, 0.15) is 48.6 Å². The van der Waals surface area contributed by atoms with Gasteiger partial charge in [-0.05, 0) is 53.8 Å². The molecule has 0 radical (unpaired) electrons. The molecule has 37 heavy (non-hydrogen) atoms. The fraction of sp³-hybridized carbons (Fsp3) is 0.233. The molecule has 3 aromatic rings. The van der Waals surface area contributed by atoms with Crippen LogP contribution in [-0.4, -0.2) is 34.5 Å².